The van der Waals surface area contributed by atoms with Crippen LogP contribution in [0.4, 0.5) is 0 Å². The molecule has 1 heterocycles. The lowest BCUT2D eigenvalue weighted by atomic mass is 10.3. The van der Waals surface area contributed by atoms with Gasteiger partial charge in [-0.3, -0.25) is 4.79 Å². The number of hydrogen-bond acceptors (Lipinski definition) is 1. The van der Waals surface area contributed by atoms with Gasteiger partial charge in [0.25, 0.3) is 0 Å². The van der Waals surface area contributed by atoms with Crippen molar-refractivity contribution in [3.63, 3.8) is 0 Å². The summed E-state index contributed by atoms with van der Waals surface area (Å²) in [5.41, 5.74) is 1.98. The molecule has 0 aromatic carbocycles. The quantitative estimate of drug-likeness (QED) is 0.746. The van der Waals surface area contributed by atoms with Gasteiger partial charge in [-0.25, -0.2) is 0 Å². The fraction of sp³-hybridized carbons (Fsp3) is 0.500. The molecule has 0 fully saturated rings. The van der Waals surface area contributed by atoms with E-state index in [9.17, 15) is 4.79 Å². The Kier molecular flexibility index (Phi) is 3.72. The molecule has 2 nitrogen and oxygen atoms in total. The predicted octanol–water partition coefficient (Wildman–Crippen LogP) is 3.04. The van der Waals surface area contributed by atoms with E-state index < -0.39 is 0 Å². The number of aldehydes is 1. The van der Waals surface area contributed by atoms with Gasteiger partial charge in [0.2, 0.25) is 0 Å². The largest absolute Gasteiger partial charge is 0.341 e. The Bertz CT molecular complexity index is 304. The number of carbonyl (C=O) groups excluding carboxylic acids is 1. The fourth-order valence-corrected chi connectivity index (χ4v) is 2.25. The summed E-state index contributed by atoms with van der Waals surface area (Å²) in [4.78, 5) is 10.7. The normalized spacial score (nSPS) is 10.4. The van der Waals surface area contributed by atoms with Crippen molar-refractivity contribution in [2.75, 3.05) is 0 Å². The van der Waals surface area contributed by atoms with Gasteiger partial charge in [-0.15, -0.1) is 0 Å². The lowest BCUT2D eigenvalue weighted by Crippen LogP contribution is -2.05. The van der Waals surface area contributed by atoms with Crippen LogP contribution in [0.25, 0.3) is 0 Å². The molecule has 0 bridgehead atoms. The number of hydrogen-bond donors (Lipinski definition) is 0. The second-order valence-corrected chi connectivity index (χ2v) is 3.84. The maximum Gasteiger partial charge on any atom is 0.166 e. The van der Waals surface area contributed by atoms with E-state index in [4.69, 9.17) is 0 Å². The minimum atomic E-state index is 0.769. The number of rotatable bonds is 4. The van der Waals surface area contributed by atoms with E-state index in [1.54, 1.807) is 0 Å². The zero-order chi connectivity index (χ0) is 9.84. The van der Waals surface area contributed by atoms with Crippen molar-refractivity contribution < 1.29 is 4.79 Å². The first-order chi connectivity index (χ1) is 6.24. The van der Waals surface area contributed by atoms with E-state index in [1.807, 2.05) is 6.07 Å². The van der Waals surface area contributed by atoms with Gasteiger partial charge in [-0.2, -0.15) is 0 Å². The summed E-state index contributed by atoms with van der Waals surface area (Å²) in [5.74, 6) is 0. The van der Waals surface area contributed by atoms with Crippen molar-refractivity contribution in [1.82, 2.24) is 4.57 Å². The first kappa shape index (κ1) is 10.5. The SMILES string of the molecule is CCCn1c(C=O)cc(Br)c1CC. The minimum Gasteiger partial charge on any atom is -0.341 e. The van der Waals surface area contributed by atoms with Crippen molar-refractivity contribution in [2.45, 2.75) is 33.2 Å². The highest BCUT2D eigenvalue weighted by Crippen LogP contribution is 2.22. The molecule has 0 saturated carbocycles. The van der Waals surface area contributed by atoms with E-state index in [0.29, 0.717) is 0 Å². The minimum absolute atomic E-state index is 0.769. The lowest BCUT2D eigenvalue weighted by Gasteiger charge is -2.07. The highest BCUT2D eigenvalue weighted by molar-refractivity contribution is 9.10. The molecule has 0 N–H and O–H groups in total. The fourth-order valence-electron chi connectivity index (χ4n) is 1.52. The molecule has 0 saturated heterocycles. The van der Waals surface area contributed by atoms with Crippen molar-refractivity contribution in [3.8, 4) is 0 Å². The second-order valence-electron chi connectivity index (χ2n) is 2.99. The van der Waals surface area contributed by atoms with Crippen LogP contribution < -0.4 is 0 Å². The third-order valence-corrected chi connectivity index (χ3v) is 2.78. The summed E-state index contributed by atoms with van der Waals surface area (Å²) < 4.78 is 3.13. The molecule has 0 radical (unpaired) electrons. The number of nitrogens with zero attached hydrogens (tertiary/aromatic N) is 1. The molecule has 0 spiro atoms. The van der Waals surface area contributed by atoms with E-state index in [2.05, 4.69) is 34.3 Å². The van der Waals surface area contributed by atoms with E-state index in [1.165, 1.54) is 5.69 Å². The van der Waals surface area contributed by atoms with Gasteiger partial charge >= 0.3 is 0 Å². The number of carbonyl (C=O) groups is 1. The molecule has 1 aromatic rings. The maximum absolute atomic E-state index is 10.7. The molecule has 0 aliphatic heterocycles. The summed E-state index contributed by atoms with van der Waals surface area (Å²) in [7, 11) is 0. The number of aromatic nitrogens is 1. The van der Waals surface area contributed by atoms with E-state index in [-0.39, 0.29) is 0 Å². The average Bonchev–Trinajstić information content (AvgIpc) is 2.43. The van der Waals surface area contributed by atoms with E-state index in [0.717, 1.165) is 35.8 Å². The van der Waals surface area contributed by atoms with Crippen LogP contribution in [0.15, 0.2) is 10.5 Å². The van der Waals surface area contributed by atoms with Crippen LogP contribution >= 0.6 is 15.9 Å². The molecule has 1 aromatic heterocycles. The molecule has 1 rings (SSSR count). The topological polar surface area (TPSA) is 22.0 Å². The standard InChI is InChI=1S/C10H14BrNO/c1-3-5-12-8(7-13)6-9(11)10(12)4-2/h6-7H,3-5H2,1-2H3. The van der Waals surface area contributed by atoms with Gasteiger partial charge in [0, 0.05) is 16.7 Å². The summed E-state index contributed by atoms with van der Waals surface area (Å²) in [5, 5.41) is 0. The zero-order valence-corrected chi connectivity index (χ0v) is 9.60. The molecule has 0 atom stereocenters. The Morgan fingerprint density at radius 2 is 2.23 bits per heavy atom. The molecule has 0 unspecified atom stereocenters. The Balaban J connectivity index is 3.15. The molecule has 72 valence electrons. The van der Waals surface area contributed by atoms with Crippen molar-refractivity contribution in [3.05, 3.63) is 21.9 Å². The molecular formula is C10H14BrNO. The molecule has 13 heavy (non-hydrogen) atoms. The first-order valence-electron chi connectivity index (χ1n) is 4.57. The van der Waals surface area contributed by atoms with Gasteiger partial charge in [-0.05, 0) is 34.8 Å². The van der Waals surface area contributed by atoms with Gasteiger partial charge in [-0.1, -0.05) is 13.8 Å². The Labute approximate surface area is 87.1 Å². The maximum atomic E-state index is 10.7. The van der Waals surface area contributed by atoms with E-state index >= 15 is 0 Å². The van der Waals surface area contributed by atoms with Crippen LogP contribution in [0.5, 0.6) is 0 Å². The third kappa shape index (κ3) is 2.02. The lowest BCUT2D eigenvalue weighted by molar-refractivity contribution is 0.111. The summed E-state index contributed by atoms with van der Waals surface area (Å²) >= 11 is 3.46. The Morgan fingerprint density at radius 1 is 1.54 bits per heavy atom. The molecule has 0 aliphatic carbocycles. The Morgan fingerprint density at radius 3 is 2.69 bits per heavy atom. The zero-order valence-electron chi connectivity index (χ0n) is 8.01. The molecule has 3 heteroatoms. The molecular weight excluding hydrogens is 230 g/mol. The summed E-state index contributed by atoms with van der Waals surface area (Å²) in [6.45, 7) is 5.13. The third-order valence-electron chi connectivity index (χ3n) is 2.09. The molecule has 0 amide bonds. The van der Waals surface area contributed by atoms with Gasteiger partial charge < -0.3 is 4.57 Å². The highest BCUT2D eigenvalue weighted by Gasteiger charge is 2.09. The predicted molar refractivity (Wildman–Crippen MR) is 57.2 cm³/mol. The van der Waals surface area contributed by atoms with Crippen molar-refractivity contribution in [1.29, 1.82) is 0 Å². The van der Waals surface area contributed by atoms with Gasteiger partial charge in [0.05, 0.1) is 5.69 Å². The highest BCUT2D eigenvalue weighted by atomic mass is 79.9. The Hall–Kier alpha value is -0.570. The monoisotopic (exact) mass is 243 g/mol. The van der Waals surface area contributed by atoms with Gasteiger partial charge in [0.1, 0.15) is 0 Å². The van der Waals surface area contributed by atoms with Crippen LogP contribution in [0.2, 0.25) is 0 Å². The van der Waals surface area contributed by atoms with Crippen molar-refractivity contribution in [2.24, 2.45) is 0 Å². The van der Waals surface area contributed by atoms with Crippen LogP contribution in [-0.4, -0.2) is 10.9 Å². The van der Waals surface area contributed by atoms with Crippen LogP contribution in [0.1, 0.15) is 36.5 Å². The summed E-state index contributed by atoms with van der Waals surface area (Å²) in [6, 6.07) is 1.89. The van der Waals surface area contributed by atoms with Crippen LogP contribution in [-0.2, 0) is 13.0 Å². The average molecular weight is 244 g/mol. The first-order valence-corrected chi connectivity index (χ1v) is 5.36. The second kappa shape index (κ2) is 4.61. The summed E-state index contributed by atoms with van der Waals surface area (Å²) in [6.07, 6.45) is 2.92. The molecule has 0 aliphatic rings. The van der Waals surface area contributed by atoms with Crippen molar-refractivity contribution >= 4 is 22.2 Å². The van der Waals surface area contributed by atoms with Crippen LogP contribution in [0, 0.1) is 0 Å². The van der Waals surface area contributed by atoms with Gasteiger partial charge in [0.15, 0.2) is 6.29 Å². The van der Waals surface area contributed by atoms with Crippen LogP contribution in [0.3, 0.4) is 0 Å². The smallest absolute Gasteiger partial charge is 0.166 e. The number of halogens is 1.